The number of carbonyl (C=O) groups is 2. The van der Waals surface area contributed by atoms with Gasteiger partial charge in [-0.25, -0.2) is 0 Å². The summed E-state index contributed by atoms with van der Waals surface area (Å²) < 4.78 is 5.38. The van der Waals surface area contributed by atoms with Crippen molar-refractivity contribution in [3.05, 3.63) is 58.6 Å². The topological polar surface area (TPSA) is 49.9 Å². The Balaban J connectivity index is 1.85. The van der Waals surface area contributed by atoms with Gasteiger partial charge in [-0.1, -0.05) is 29.8 Å². The summed E-state index contributed by atoms with van der Waals surface area (Å²) in [5.41, 5.74) is 2.46. The third-order valence-corrected chi connectivity index (χ3v) is 6.86. The van der Waals surface area contributed by atoms with Crippen LogP contribution in [0.5, 0.6) is 5.75 Å². The molecule has 2 heterocycles. The predicted molar refractivity (Wildman–Crippen MR) is 107 cm³/mol. The lowest BCUT2D eigenvalue weighted by molar-refractivity contribution is -0.138. The van der Waals surface area contributed by atoms with E-state index in [1.54, 1.807) is 16.9 Å². The summed E-state index contributed by atoms with van der Waals surface area (Å²) in [6, 6.07) is 13.1. The van der Waals surface area contributed by atoms with E-state index < -0.39 is 4.87 Å². The normalized spacial score (nSPS) is 21.1. The van der Waals surface area contributed by atoms with Crippen molar-refractivity contribution >= 4 is 40.9 Å². The zero-order valence-electron chi connectivity index (χ0n) is 15.1. The number of thioether (sulfide) groups is 1. The number of methoxy groups -OCH3 is 1. The average molecular weight is 403 g/mol. The van der Waals surface area contributed by atoms with Crippen LogP contribution in [-0.2, 0) is 21.0 Å². The Labute approximate surface area is 167 Å². The number of nitrogens with zero attached hydrogens (tertiary/aromatic N) is 2. The van der Waals surface area contributed by atoms with Gasteiger partial charge in [-0.3, -0.25) is 9.59 Å². The summed E-state index contributed by atoms with van der Waals surface area (Å²) in [6.07, 6.45) is 0. The smallest absolute Gasteiger partial charge is 0.268 e. The number of hydrogen-bond donors (Lipinski definition) is 0. The van der Waals surface area contributed by atoms with E-state index in [1.807, 2.05) is 42.5 Å². The Morgan fingerprint density at radius 1 is 1.30 bits per heavy atom. The molecule has 2 aromatic carbocycles. The van der Waals surface area contributed by atoms with Crippen LogP contribution in [0.3, 0.4) is 0 Å². The van der Waals surface area contributed by atoms with Crippen molar-refractivity contribution in [2.24, 2.45) is 0 Å². The van der Waals surface area contributed by atoms with E-state index in [4.69, 9.17) is 16.3 Å². The number of amides is 2. The summed E-state index contributed by atoms with van der Waals surface area (Å²) in [5, 5.41) is 0.615. The standard InChI is InChI=1S/C20H19ClN2O3S/c1-13(24)23-9-10-27-20(23)16-11-15(26-2)7-8-18(16)22(19(20)25)12-14-5-3-4-6-17(14)21/h3-8,11H,9-10,12H2,1-2H3/t20-/m0/s1. The lowest BCUT2D eigenvalue weighted by atomic mass is 10.1. The van der Waals surface area contributed by atoms with Crippen LogP contribution in [0.4, 0.5) is 5.69 Å². The van der Waals surface area contributed by atoms with Gasteiger partial charge in [0.15, 0.2) is 4.87 Å². The molecular formula is C20H19ClN2O3S. The van der Waals surface area contributed by atoms with Crippen LogP contribution in [-0.4, -0.2) is 36.1 Å². The Morgan fingerprint density at radius 3 is 2.78 bits per heavy atom. The van der Waals surface area contributed by atoms with Gasteiger partial charge in [0.2, 0.25) is 5.91 Å². The number of rotatable bonds is 3. The van der Waals surface area contributed by atoms with E-state index in [1.165, 1.54) is 18.7 Å². The zero-order chi connectivity index (χ0) is 19.2. The zero-order valence-corrected chi connectivity index (χ0v) is 16.6. The molecule has 0 N–H and O–H groups in total. The van der Waals surface area contributed by atoms with E-state index in [2.05, 4.69) is 0 Å². The minimum absolute atomic E-state index is 0.108. The first-order valence-corrected chi connectivity index (χ1v) is 10.0. The van der Waals surface area contributed by atoms with E-state index in [0.717, 1.165) is 16.8 Å². The lowest BCUT2D eigenvalue weighted by Crippen LogP contribution is -2.49. The molecule has 7 heteroatoms. The molecule has 1 spiro atoms. The molecular weight excluding hydrogens is 384 g/mol. The van der Waals surface area contributed by atoms with Crippen LogP contribution in [0, 0.1) is 0 Å². The minimum Gasteiger partial charge on any atom is -0.497 e. The third kappa shape index (κ3) is 2.70. The van der Waals surface area contributed by atoms with E-state index in [9.17, 15) is 9.59 Å². The number of anilines is 1. The number of carbonyl (C=O) groups excluding carboxylic acids is 2. The molecule has 0 unspecified atom stereocenters. The maximum absolute atomic E-state index is 13.6. The fourth-order valence-corrected chi connectivity index (χ4v) is 5.50. The molecule has 27 heavy (non-hydrogen) atoms. The number of hydrogen-bond acceptors (Lipinski definition) is 4. The van der Waals surface area contributed by atoms with Crippen LogP contribution in [0.25, 0.3) is 0 Å². The van der Waals surface area contributed by atoms with E-state index in [-0.39, 0.29) is 11.8 Å². The highest BCUT2D eigenvalue weighted by molar-refractivity contribution is 8.01. The summed E-state index contributed by atoms with van der Waals surface area (Å²) >= 11 is 7.83. The molecule has 0 radical (unpaired) electrons. The van der Waals surface area contributed by atoms with Crippen molar-refractivity contribution in [3.8, 4) is 5.75 Å². The lowest BCUT2D eigenvalue weighted by Gasteiger charge is -2.32. The van der Waals surface area contributed by atoms with Gasteiger partial charge >= 0.3 is 0 Å². The number of benzene rings is 2. The highest BCUT2D eigenvalue weighted by Crippen LogP contribution is 2.55. The van der Waals surface area contributed by atoms with Gasteiger partial charge < -0.3 is 14.5 Å². The number of halogens is 1. The second-order valence-electron chi connectivity index (χ2n) is 6.53. The summed E-state index contributed by atoms with van der Waals surface area (Å²) in [6.45, 7) is 2.41. The second kappa shape index (κ2) is 6.77. The second-order valence-corrected chi connectivity index (χ2v) is 8.22. The number of fused-ring (bicyclic) bond motifs is 2. The van der Waals surface area contributed by atoms with Crippen molar-refractivity contribution in [1.29, 1.82) is 0 Å². The molecule has 2 amide bonds. The Kier molecular flexibility index (Phi) is 4.56. The Hall–Kier alpha value is -2.18. The molecule has 2 aromatic rings. The maximum Gasteiger partial charge on any atom is 0.268 e. The molecule has 140 valence electrons. The van der Waals surface area contributed by atoms with Crippen LogP contribution in [0.2, 0.25) is 5.02 Å². The average Bonchev–Trinajstić information content (AvgIpc) is 3.21. The highest BCUT2D eigenvalue weighted by Gasteiger charge is 2.59. The first-order valence-electron chi connectivity index (χ1n) is 8.65. The monoisotopic (exact) mass is 402 g/mol. The van der Waals surface area contributed by atoms with Gasteiger partial charge in [-0.05, 0) is 29.8 Å². The van der Waals surface area contributed by atoms with Crippen molar-refractivity contribution < 1.29 is 14.3 Å². The van der Waals surface area contributed by atoms with Gasteiger partial charge in [0, 0.05) is 29.8 Å². The third-order valence-electron chi connectivity index (χ3n) is 5.07. The molecule has 0 saturated carbocycles. The molecule has 1 atom stereocenters. The quantitative estimate of drug-likeness (QED) is 0.786. The molecule has 1 saturated heterocycles. The molecule has 0 aliphatic carbocycles. The van der Waals surface area contributed by atoms with Gasteiger partial charge in [0.25, 0.3) is 5.91 Å². The first kappa shape index (κ1) is 18.2. The molecule has 2 aliphatic heterocycles. The van der Waals surface area contributed by atoms with Gasteiger partial charge in [0.05, 0.1) is 19.3 Å². The molecule has 4 rings (SSSR count). The summed E-state index contributed by atoms with van der Waals surface area (Å²) in [4.78, 5) is 28.3. The van der Waals surface area contributed by atoms with Crippen LogP contribution in [0.1, 0.15) is 18.1 Å². The molecule has 2 aliphatic rings. The van der Waals surface area contributed by atoms with E-state index in [0.29, 0.717) is 29.6 Å². The maximum atomic E-state index is 13.6. The molecule has 1 fully saturated rings. The molecule has 0 bridgehead atoms. The van der Waals surface area contributed by atoms with Crippen LogP contribution in [0.15, 0.2) is 42.5 Å². The molecule has 5 nitrogen and oxygen atoms in total. The van der Waals surface area contributed by atoms with Crippen LogP contribution >= 0.6 is 23.4 Å². The minimum atomic E-state index is -1.03. The summed E-state index contributed by atoms with van der Waals surface area (Å²) in [7, 11) is 1.59. The Bertz CT molecular complexity index is 935. The van der Waals surface area contributed by atoms with Crippen molar-refractivity contribution in [3.63, 3.8) is 0 Å². The van der Waals surface area contributed by atoms with Crippen molar-refractivity contribution in [2.75, 3.05) is 24.3 Å². The van der Waals surface area contributed by atoms with E-state index >= 15 is 0 Å². The van der Waals surface area contributed by atoms with Gasteiger partial charge in [-0.15, -0.1) is 11.8 Å². The van der Waals surface area contributed by atoms with Crippen molar-refractivity contribution in [2.45, 2.75) is 18.3 Å². The summed E-state index contributed by atoms with van der Waals surface area (Å²) in [5.74, 6) is 1.16. The van der Waals surface area contributed by atoms with Gasteiger partial charge in [0.1, 0.15) is 5.75 Å². The highest BCUT2D eigenvalue weighted by atomic mass is 35.5. The Morgan fingerprint density at radius 2 is 2.07 bits per heavy atom. The molecule has 0 aromatic heterocycles. The predicted octanol–water partition coefficient (Wildman–Crippen LogP) is 3.64. The van der Waals surface area contributed by atoms with Crippen molar-refractivity contribution in [1.82, 2.24) is 4.90 Å². The first-order chi connectivity index (χ1) is 13.0. The fourth-order valence-electron chi connectivity index (χ4n) is 3.81. The number of ether oxygens (including phenoxy) is 1. The van der Waals surface area contributed by atoms with Gasteiger partial charge in [-0.2, -0.15) is 0 Å². The SMILES string of the molecule is COc1ccc2c(c1)[C@]1(SCCN1C(C)=O)C(=O)N2Cc1ccccc1Cl. The van der Waals surface area contributed by atoms with Crippen LogP contribution < -0.4 is 9.64 Å². The fraction of sp³-hybridized carbons (Fsp3) is 0.300. The largest absolute Gasteiger partial charge is 0.497 e.